The Morgan fingerprint density at radius 3 is 2.67 bits per heavy atom. The minimum absolute atomic E-state index is 0.253. The van der Waals surface area contributed by atoms with Gasteiger partial charge in [-0.1, -0.05) is 24.3 Å². The molecule has 0 bridgehead atoms. The van der Waals surface area contributed by atoms with Crippen LogP contribution < -0.4 is 4.74 Å². The fourth-order valence-corrected chi connectivity index (χ4v) is 2.39. The molecule has 0 amide bonds. The van der Waals surface area contributed by atoms with Gasteiger partial charge in [0.15, 0.2) is 0 Å². The van der Waals surface area contributed by atoms with Crippen LogP contribution in [0.5, 0.6) is 5.75 Å². The lowest BCUT2D eigenvalue weighted by Crippen LogP contribution is -2.19. The van der Waals surface area contributed by atoms with Crippen molar-refractivity contribution in [1.82, 2.24) is 0 Å². The number of carboxylic acid groups (broad SMARTS) is 1. The minimum Gasteiger partial charge on any atom is -0.487 e. The van der Waals surface area contributed by atoms with Crippen molar-refractivity contribution in [3.63, 3.8) is 0 Å². The van der Waals surface area contributed by atoms with Gasteiger partial charge >= 0.3 is 5.97 Å². The number of hydrogen-bond acceptors (Lipinski definition) is 3. The molecule has 0 aliphatic carbocycles. The summed E-state index contributed by atoms with van der Waals surface area (Å²) in [6, 6.07) is 14.6. The molecule has 3 rings (SSSR count). The van der Waals surface area contributed by atoms with Gasteiger partial charge in [0.25, 0.3) is 0 Å². The van der Waals surface area contributed by atoms with Crippen molar-refractivity contribution >= 4 is 11.7 Å². The van der Waals surface area contributed by atoms with E-state index in [4.69, 9.17) is 9.84 Å². The van der Waals surface area contributed by atoms with Gasteiger partial charge in [0.1, 0.15) is 12.4 Å². The average Bonchev–Trinajstić information content (AvgIpc) is 2.53. The van der Waals surface area contributed by atoms with Crippen molar-refractivity contribution in [2.24, 2.45) is 4.99 Å². The van der Waals surface area contributed by atoms with Gasteiger partial charge in [-0.25, -0.2) is 4.79 Å². The third-order valence-electron chi connectivity index (χ3n) is 3.49. The summed E-state index contributed by atoms with van der Waals surface area (Å²) in [7, 11) is 0. The lowest BCUT2D eigenvalue weighted by atomic mass is 9.98. The van der Waals surface area contributed by atoms with Crippen molar-refractivity contribution in [3.05, 3.63) is 65.2 Å². The first kappa shape index (κ1) is 13.4. The summed E-state index contributed by atoms with van der Waals surface area (Å²) in [6.07, 6.45) is 0.965. The largest absolute Gasteiger partial charge is 0.487 e. The molecule has 1 aliphatic rings. The molecule has 2 aromatic carbocycles. The summed E-state index contributed by atoms with van der Waals surface area (Å²) in [5.74, 6) is -0.294. The van der Waals surface area contributed by atoms with Gasteiger partial charge in [0, 0.05) is 12.1 Å². The fraction of sp³-hybridized carbons (Fsp3) is 0.176. The van der Waals surface area contributed by atoms with E-state index in [9.17, 15) is 4.79 Å². The highest BCUT2D eigenvalue weighted by molar-refractivity contribution is 6.03. The molecule has 0 spiro atoms. The molecule has 0 aromatic heterocycles. The normalized spacial score (nSPS) is 13.2. The standard InChI is InChI=1S/C17H15NO3/c19-17(20)13-5-7-14(8-6-13)21-11-16-15-4-2-1-3-12(15)9-10-18-16/h1-8H,9-11H2,(H,19,20). The Morgan fingerprint density at radius 2 is 1.90 bits per heavy atom. The van der Waals surface area contributed by atoms with Crippen LogP contribution >= 0.6 is 0 Å². The smallest absolute Gasteiger partial charge is 0.335 e. The Hall–Kier alpha value is -2.62. The topological polar surface area (TPSA) is 58.9 Å². The zero-order valence-electron chi connectivity index (χ0n) is 11.5. The number of rotatable bonds is 4. The van der Waals surface area contributed by atoms with E-state index in [0.717, 1.165) is 24.2 Å². The van der Waals surface area contributed by atoms with Gasteiger partial charge in [0.05, 0.1) is 11.3 Å². The van der Waals surface area contributed by atoms with Crippen LogP contribution in [-0.4, -0.2) is 29.9 Å². The number of hydrogen-bond donors (Lipinski definition) is 1. The lowest BCUT2D eigenvalue weighted by molar-refractivity contribution is 0.0697. The fourth-order valence-electron chi connectivity index (χ4n) is 2.39. The van der Waals surface area contributed by atoms with Crippen LogP contribution in [0.2, 0.25) is 0 Å². The molecule has 2 aromatic rings. The third-order valence-corrected chi connectivity index (χ3v) is 3.49. The maximum Gasteiger partial charge on any atom is 0.335 e. The van der Waals surface area contributed by atoms with Gasteiger partial charge in [-0.3, -0.25) is 4.99 Å². The maximum atomic E-state index is 10.8. The molecule has 1 N–H and O–H groups in total. The lowest BCUT2D eigenvalue weighted by Gasteiger charge is -2.17. The molecule has 0 radical (unpaired) electrons. The van der Waals surface area contributed by atoms with E-state index in [0.29, 0.717) is 12.4 Å². The molecule has 106 valence electrons. The van der Waals surface area contributed by atoms with Gasteiger partial charge < -0.3 is 9.84 Å². The summed E-state index contributed by atoms with van der Waals surface area (Å²) in [5.41, 5.74) is 3.64. The van der Waals surface area contributed by atoms with Crippen LogP contribution in [0.4, 0.5) is 0 Å². The van der Waals surface area contributed by atoms with E-state index in [-0.39, 0.29) is 5.56 Å². The number of fused-ring (bicyclic) bond motifs is 1. The van der Waals surface area contributed by atoms with E-state index in [1.54, 1.807) is 12.1 Å². The van der Waals surface area contributed by atoms with Crippen LogP contribution in [-0.2, 0) is 6.42 Å². The Balaban J connectivity index is 1.70. The molecule has 0 atom stereocenters. The maximum absolute atomic E-state index is 10.8. The number of carbonyl (C=O) groups is 1. The first-order chi connectivity index (χ1) is 10.2. The Labute approximate surface area is 122 Å². The highest BCUT2D eigenvalue weighted by atomic mass is 16.5. The number of aromatic carboxylic acids is 1. The first-order valence-corrected chi connectivity index (χ1v) is 6.82. The third kappa shape index (κ3) is 2.94. The zero-order valence-corrected chi connectivity index (χ0v) is 11.5. The SMILES string of the molecule is O=C(O)c1ccc(OCC2=NCCc3ccccc32)cc1. The summed E-state index contributed by atoms with van der Waals surface area (Å²) < 4.78 is 5.71. The number of aliphatic imine (C=N–C) groups is 1. The van der Waals surface area contributed by atoms with Crippen molar-refractivity contribution in [2.75, 3.05) is 13.2 Å². The van der Waals surface area contributed by atoms with Gasteiger partial charge in [-0.15, -0.1) is 0 Å². The summed E-state index contributed by atoms with van der Waals surface area (Å²) in [6.45, 7) is 1.18. The van der Waals surface area contributed by atoms with Gasteiger partial charge in [0.2, 0.25) is 0 Å². The number of benzene rings is 2. The van der Waals surface area contributed by atoms with Crippen molar-refractivity contribution in [2.45, 2.75) is 6.42 Å². The van der Waals surface area contributed by atoms with E-state index in [2.05, 4.69) is 17.1 Å². The van der Waals surface area contributed by atoms with Gasteiger partial charge in [-0.2, -0.15) is 0 Å². The molecular formula is C17H15NO3. The summed E-state index contributed by atoms with van der Waals surface area (Å²) >= 11 is 0. The second kappa shape index (κ2) is 5.79. The van der Waals surface area contributed by atoms with E-state index in [1.807, 2.05) is 12.1 Å². The molecule has 1 aliphatic heterocycles. The van der Waals surface area contributed by atoms with Crippen LogP contribution in [0.25, 0.3) is 0 Å². The minimum atomic E-state index is -0.938. The van der Waals surface area contributed by atoms with Gasteiger partial charge in [-0.05, 0) is 36.2 Å². The summed E-state index contributed by atoms with van der Waals surface area (Å²) in [4.78, 5) is 15.3. The van der Waals surface area contributed by atoms with Crippen molar-refractivity contribution in [1.29, 1.82) is 0 Å². The van der Waals surface area contributed by atoms with Crippen LogP contribution in [0.3, 0.4) is 0 Å². The molecule has 4 heteroatoms. The van der Waals surface area contributed by atoms with Crippen molar-refractivity contribution in [3.8, 4) is 5.75 Å². The van der Waals surface area contributed by atoms with Crippen LogP contribution in [0, 0.1) is 0 Å². The van der Waals surface area contributed by atoms with Crippen molar-refractivity contribution < 1.29 is 14.6 Å². The molecule has 21 heavy (non-hydrogen) atoms. The second-order valence-electron chi connectivity index (χ2n) is 4.85. The highest BCUT2D eigenvalue weighted by Gasteiger charge is 2.13. The predicted molar refractivity (Wildman–Crippen MR) is 80.4 cm³/mol. The zero-order chi connectivity index (χ0) is 14.7. The monoisotopic (exact) mass is 281 g/mol. The molecule has 0 saturated heterocycles. The molecule has 4 nitrogen and oxygen atoms in total. The predicted octanol–water partition coefficient (Wildman–Crippen LogP) is 2.81. The Morgan fingerprint density at radius 1 is 1.14 bits per heavy atom. The van der Waals surface area contributed by atoms with E-state index >= 15 is 0 Å². The second-order valence-corrected chi connectivity index (χ2v) is 4.85. The van der Waals surface area contributed by atoms with Crippen LogP contribution in [0.15, 0.2) is 53.5 Å². The molecular weight excluding hydrogens is 266 g/mol. The number of carboxylic acids is 1. The quantitative estimate of drug-likeness (QED) is 0.937. The average molecular weight is 281 g/mol. The van der Waals surface area contributed by atoms with E-state index < -0.39 is 5.97 Å². The Kier molecular flexibility index (Phi) is 3.69. The number of ether oxygens (including phenoxy) is 1. The number of nitrogens with zero attached hydrogens (tertiary/aromatic N) is 1. The summed E-state index contributed by atoms with van der Waals surface area (Å²) in [5, 5.41) is 8.86. The molecule has 1 heterocycles. The van der Waals surface area contributed by atoms with E-state index in [1.165, 1.54) is 17.7 Å². The highest BCUT2D eigenvalue weighted by Crippen LogP contribution is 2.18. The molecule has 0 unspecified atom stereocenters. The molecule has 0 saturated carbocycles. The first-order valence-electron chi connectivity index (χ1n) is 6.82. The molecule has 0 fully saturated rings. The Bertz CT molecular complexity index is 689. The van der Waals surface area contributed by atoms with Crippen LogP contribution in [0.1, 0.15) is 21.5 Å².